The lowest BCUT2D eigenvalue weighted by molar-refractivity contribution is -0.140. The number of cyclic esters (lactones) is 2. The highest BCUT2D eigenvalue weighted by Crippen LogP contribution is 2.06. The van der Waals surface area contributed by atoms with Gasteiger partial charge in [0.1, 0.15) is 13.2 Å². The van der Waals surface area contributed by atoms with E-state index in [0.29, 0.717) is 6.08 Å². The molecule has 1 unspecified atom stereocenters. The Morgan fingerprint density at radius 3 is 2.80 bits per heavy atom. The summed E-state index contributed by atoms with van der Waals surface area (Å²) in [5, 5.41) is 8.19. The Kier molecular flexibility index (Phi) is 3.67. The molecule has 1 aliphatic heterocycles. The van der Waals surface area contributed by atoms with Gasteiger partial charge in [-0.15, -0.1) is 0 Å². The van der Waals surface area contributed by atoms with Crippen LogP contribution in [0, 0.1) is 0 Å². The fraction of sp³-hybridized carbons (Fsp3) is 0.375. The van der Waals surface area contributed by atoms with Crippen LogP contribution < -0.4 is 0 Å². The number of aliphatic carboxylic acids is 1. The predicted molar refractivity (Wildman–Crippen MR) is 44.0 cm³/mol. The second-order valence-corrected chi connectivity index (χ2v) is 2.60. The Morgan fingerprint density at radius 2 is 2.27 bits per heavy atom. The van der Waals surface area contributed by atoms with E-state index in [1.807, 2.05) is 0 Å². The van der Waals surface area contributed by atoms with Gasteiger partial charge in [0.25, 0.3) is 0 Å². The fourth-order valence-corrected chi connectivity index (χ4v) is 0.810. The normalized spacial score (nSPS) is 19.7. The summed E-state index contributed by atoms with van der Waals surface area (Å²) in [6.07, 6.45) is -0.0174. The van der Waals surface area contributed by atoms with Crippen molar-refractivity contribution < 1.29 is 33.7 Å². The summed E-state index contributed by atoms with van der Waals surface area (Å²) in [5.41, 5.74) is 0. The first-order valence-corrected chi connectivity index (χ1v) is 3.99. The van der Waals surface area contributed by atoms with Crippen LogP contribution in [0.2, 0.25) is 0 Å². The Hall–Kier alpha value is -2.05. The highest BCUT2D eigenvalue weighted by atomic mass is 16.8. The van der Waals surface area contributed by atoms with Gasteiger partial charge < -0.3 is 19.3 Å². The minimum Gasteiger partial charge on any atom is -0.478 e. The molecule has 1 heterocycles. The van der Waals surface area contributed by atoms with Crippen LogP contribution in [0.15, 0.2) is 12.2 Å². The van der Waals surface area contributed by atoms with Crippen LogP contribution in [0.25, 0.3) is 0 Å². The first-order chi connectivity index (χ1) is 7.08. The third-order valence-corrected chi connectivity index (χ3v) is 1.42. The number of carbonyl (C=O) groups is 3. The van der Waals surface area contributed by atoms with Gasteiger partial charge in [0.2, 0.25) is 0 Å². The van der Waals surface area contributed by atoms with Gasteiger partial charge in [0.15, 0.2) is 6.10 Å². The van der Waals surface area contributed by atoms with Crippen molar-refractivity contribution in [1.29, 1.82) is 0 Å². The Morgan fingerprint density at radius 1 is 1.53 bits per heavy atom. The van der Waals surface area contributed by atoms with Crippen LogP contribution in [-0.2, 0) is 23.8 Å². The van der Waals surface area contributed by atoms with Crippen LogP contribution >= 0.6 is 0 Å². The van der Waals surface area contributed by atoms with Crippen LogP contribution in [0.4, 0.5) is 4.79 Å². The van der Waals surface area contributed by atoms with Crippen molar-refractivity contribution in [3.05, 3.63) is 12.2 Å². The first kappa shape index (κ1) is 11.0. The molecule has 0 saturated carbocycles. The van der Waals surface area contributed by atoms with E-state index in [4.69, 9.17) is 5.11 Å². The van der Waals surface area contributed by atoms with Crippen molar-refractivity contribution in [2.75, 3.05) is 13.2 Å². The van der Waals surface area contributed by atoms with Crippen molar-refractivity contribution in [3.63, 3.8) is 0 Å². The number of carboxylic acid groups (broad SMARTS) is 1. The van der Waals surface area contributed by atoms with Gasteiger partial charge in [-0.3, -0.25) is 0 Å². The Labute approximate surface area is 84.2 Å². The van der Waals surface area contributed by atoms with E-state index in [1.54, 1.807) is 0 Å². The van der Waals surface area contributed by atoms with Gasteiger partial charge in [-0.2, -0.15) is 0 Å². The third kappa shape index (κ3) is 4.12. The van der Waals surface area contributed by atoms with Gasteiger partial charge in [0.05, 0.1) is 0 Å². The second kappa shape index (κ2) is 4.99. The number of ether oxygens (including phenoxy) is 3. The summed E-state index contributed by atoms with van der Waals surface area (Å²) in [6.45, 7) is -0.136. The molecule has 0 amide bonds. The molecule has 15 heavy (non-hydrogen) atoms. The number of carboxylic acids is 1. The molecule has 0 aromatic rings. The summed E-state index contributed by atoms with van der Waals surface area (Å²) in [7, 11) is 0. The van der Waals surface area contributed by atoms with Crippen LogP contribution in [0.3, 0.4) is 0 Å². The molecule has 1 fully saturated rings. The molecule has 1 atom stereocenters. The summed E-state index contributed by atoms with van der Waals surface area (Å²) in [6, 6.07) is 0. The lowest BCUT2D eigenvalue weighted by Crippen LogP contribution is -2.20. The first-order valence-electron chi connectivity index (χ1n) is 3.99. The molecule has 0 aromatic carbocycles. The molecule has 7 heteroatoms. The number of carbonyl (C=O) groups excluding carboxylic acids is 2. The van der Waals surface area contributed by atoms with Gasteiger partial charge in [-0.25, -0.2) is 14.4 Å². The van der Waals surface area contributed by atoms with Crippen molar-refractivity contribution >= 4 is 18.1 Å². The molecule has 1 saturated heterocycles. The van der Waals surface area contributed by atoms with Crippen molar-refractivity contribution in [1.82, 2.24) is 0 Å². The number of rotatable bonds is 4. The highest BCUT2D eigenvalue weighted by molar-refractivity contribution is 5.90. The summed E-state index contributed by atoms with van der Waals surface area (Å²) >= 11 is 0. The van der Waals surface area contributed by atoms with E-state index >= 15 is 0 Å². The zero-order chi connectivity index (χ0) is 11.3. The number of hydrogen-bond donors (Lipinski definition) is 1. The predicted octanol–water partition coefficient (Wildman–Crippen LogP) is -0.294. The highest BCUT2D eigenvalue weighted by Gasteiger charge is 2.25. The summed E-state index contributed by atoms with van der Waals surface area (Å²) in [5.74, 6) is -2.07. The monoisotopic (exact) mass is 216 g/mol. The molecule has 1 aliphatic rings. The molecular formula is C8H8O7. The third-order valence-electron chi connectivity index (χ3n) is 1.42. The number of hydrogen-bond acceptors (Lipinski definition) is 6. The summed E-state index contributed by atoms with van der Waals surface area (Å²) < 4.78 is 13.6. The van der Waals surface area contributed by atoms with Crippen molar-refractivity contribution in [2.45, 2.75) is 6.10 Å². The maximum absolute atomic E-state index is 10.8. The van der Waals surface area contributed by atoms with Crippen LogP contribution in [-0.4, -0.2) is 42.5 Å². The minimum absolute atomic E-state index is 0.0226. The fourth-order valence-electron chi connectivity index (χ4n) is 0.810. The molecule has 0 aromatic heterocycles. The lowest BCUT2D eigenvalue weighted by atomic mass is 10.4. The average Bonchev–Trinajstić information content (AvgIpc) is 2.58. The van der Waals surface area contributed by atoms with Gasteiger partial charge in [0, 0.05) is 12.2 Å². The van der Waals surface area contributed by atoms with Gasteiger partial charge in [-0.05, 0) is 0 Å². The van der Waals surface area contributed by atoms with Gasteiger partial charge >= 0.3 is 18.1 Å². The quantitative estimate of drug-likeness (QED) is 0.508. The molecule has 0 spiro atoms. The maximum atomic E-state index is 10.8. The topological polar surface area (TPSA) is 99.1 Å². The van der Waals surface area contributed by atoms with E-state index < -0.39 is 24.2 Å². The zero-order valence-corrected chi connectivity index (χ0v) is 7.54. The Balaban J connectivity index is 2.22. The Bertz CT molecular complexity index is 306. The summed E-state index contributed by atoms with van der Waals surface area (Å²) in [4.78, 5) is 31.3. The SMILES string of the molecule is O=C(O)/C=C\C(=O)OCC1COC(=O)O1. The van der Waals surface area contributed by atoms with E-state index in [-0.39, 0.29) is 13.2 Å². The van der Waals surface area contributed by atoms with E-state index in [1.165, 1.54) is 0 Å². The molecule has 0 radical (unpaired) electrons. The van der Waals surface area contributed by atoms with Crippen LogP contribution in [0.5, 0.6) is 0 Å². The maximum Gasteiger partial charge on any atom is 0.508 e. The average molecular weight is 216 g/mol. The molecule has 0 bridgehead atoms. The number of esters is 1. The van der Waals surface area contributed by atoms with E-state index in [9.17, 15) is 14.4 Å². The van der Waals surface area contributed by atoms with E-state index in [2.05, 4.69) is 14.2 Å². The lowest BCUT2D eigenvalue weighted by Gasteiger charge is -2.05. The van der Waals surface area contributed by atoms with E-state index in [0.717, 1.165) is 6.08 Å². The van der Waals surface area contributed by atoms with Crippen molar-refractivity contribution in [3.8, 4) is 0 Å². The smallest absolute Gasteiger partial charge is 0.478 e. The largest absolute Gasteiger partial charge is 0.508 e. The second-order valence-electron chi connectivity index (χ2n) is 2.60. The standard InChI is InChI=1S/C8H8O7/c9-6(10)1-2-7(11)13-3-5-4-14-8(12)15-5/h1-2,5H,3-4H2,(H,9,10)/b2-1-. The zero-order valence-electron chi connectivity index (χ0n) is 7.54. The molecule has 1 rings (SSSR count). The van der Waals surface area contributed by atoms with Crippen LogP contribution in [0.1, 0.15) is 0 Å². The molecule has 82 valence electrons. The van der Waals surface area contributed by atoms with Crippen molar-refractivity contribution in [2.24, 2.45) is 0 Å². The van der Waals surface area contributed by atoms with Gasteiger partial charge in [-0.1, -0.05) is 0 Å². The molecular weight excluding hydrogens is 208 g/mol. The molecule has 0 aliphatic carbocycles. The molecule has 1 N–H and O–H groups in total. The molecule has 7 nitrogen and oxygen atoms in total. The minimum atomic E-state index is -1.25.